The number of ether oxygens (including phenoxy) is 2. The van der Waals surface area contributed by atoms with Crippen LogP contribution in [0.3, 0.4) is 0 Å². The molecule has 1 aromatic rings. The molecular formula is C15H22N2O4. The molecule has 0 amide bonds. The number of esters is 2. The standard InChI is InChI=1S/C15H22N2O4/c1-4-10-17(11-13(18)20-5-2)14-12(8-7-9-16-14)15(19)21-6-3/h7-9H,4-6,10-11H2,1-3H3. The van der Waals surface area contributed by atoms with E-state index in [1.54, 1.807) is 37.1 Å². The van der Waals surface area contributed by atoms with Gasteiger partial charge in [-0.2, -0.15) is 0 Å². The highest BCUT2D eigenvalue weighted by molar-refractivity contribution is 5.95. The lowest BCUT2D eigenvalue weighted by Crippen LogP contribution is -2.33. The maximum atomic E-state index is 12.0. The second-order valence-corrected chi connectivity index (χ2v) is 4.32. The molecule has 0 aliphatic carbocycles. The quantitative estimate of drug-likeness (QED) is 0.683. The smallest absolute Gasteiger partial charge is 0.341 e. The van der Waals surface area contributed by atoms with E-state index in [-0.39, 0.29) is 12.5 Å². The zero-order valence-electron chi connectivity index (χ0n) is 12.8. The summed E-state index contributed by atoms with van der Waals surface area (Å²) in [6, 6.07) is 3.32. The van der Waals surface area contributed by atoms with Crippen molar-refractivity contribution in [2.75, 3.05) is 31.2 Å². The zero-order valence-corrected chi connectivity index (χ0v) is 12.8. The Kier molecular flexibility index (Phi) is 7.21. The molecular weight excluding hydrogens is 272 g/mol. The van der Waals surface area contributed by atoms with Gasteiger partial charge in [0.1, 0.15) is 17.9 Å². The van der Waals surface area contributed by atoms with Crippen LogP contribution in [-0.4, -0.2) is 43.2 Å². The zero-order chi connectivity index (χ0) is 15.7. The molecule has 6 heteroatoms. The molecule has 0 fully saturated rings. The van der Waals surface area contributed by atoms with E-state index in [2.05, 4.69) is 4.98 Å². The van der Waals surface area contributed by atoms with E-state index < -0.39 is 5.97 Å². The lowest BCUT2D eigenvalue weighted by Gasteiger charge is -2.23. The molecule has 0 unspecified atom stereocenters. The fraction of sp³-hybridized carbons (Fsp3) is 0.533. The van der Waals surface area contributed by atoms with Crippen molar-refractivity contribution < 1.29 is 19.1 Å². The molecule has 1 heterocycles. The molecule has 21 heavy (non-hydrogen) atoms. The number of rotatable bonds is 8. The molecule has 0 aliphatic rings. The van der Waals surface area contributed by atoms with Crippen LogP contribution in [0.25, 0.3) is 0 Å². The Hall–Kier alpha value is -2.11. The first kappa shape index (κ1) is 16.9. The predicted octanol–water partition coefficient (Wildman–Crippen LogP) is 2.04. The minimum absolute atomic E-state index is 0.0606. The molecule has 0 N–H and O–H groups in total. The molecule has 0 aromatic carbocycles. The molecule has 0 saturated heterocycles. The van der Waals surface area contributed by atoms with Crippen LogP contribution in [0.15, 0.2) is 18.3 Å². The summed E-state index contributed by atoms with van der Waals surface area (Å²) in [5, 5.41) is 0. The van der Waals surface area contributed by atoms with E-state index in [9.17, 15) is 9.59 Å². The third-order valence-corrected chi connectivity index (χ3v) is 2.70. The number of aromatic nitrogens is 1. The van der Waals surface area contributed by atoms with Crippen molar-refractivity contribution >= 4 is 17.8 Å². The van der Waals surface area contributed by atoms with Crippen LogP contribution >= 0.6 is 0 Å². The Balaban J connectivity index is 3.01. The van der Waals surface area contributed by atoms with Gasteiger partial charge in [0.2, 0.25) is 0 Å². The van der Waals surface area contributed by atoms with E-state index in [4.69, 9.17) is 9.47 Å². The number of anilines is 1. The van der Waals surface area contributed by atoms with Crippen molar-refractivity contribution in [3.05, 3.63) is 23.9 Å². The van der Waals surface area contributed by atoms with Crippen molar-refractivity contribution in [3.8, 4) is 0 Å². The fourth-order valence-corrected chi connectivity index (χ4v) is 1.91. The normalized spacial score (nSPS) is 10.0. The lowest BCUT2D eigenvalue weighted by molar-refractivity contribution is -0.141. The molecule has 0 spiro atoms. The molecule has 0 saturated carbocycles. The van der Waals surface area contributed by atoms with Crippen LogP contribution in [0.2, 0.25) is 0 Å². The average molecular weight is 294 g/mol. The van der Waals surface area contributed by atoms with Gasteiger partial charge in [-0.3, -0.25) is 4.79 Å². The number of nitrogens with zero attached hydrogens (tertiary/aromatic N) is 2. The molecule has 0 aliphatic heterocycles. The molecule has 0 bridgehead atoms. The summed E-state index contributed by atoms with van der Waals surface area (Å²) in [5.74, 6) is -0.331. The van der Waals surface area contributed by atoms with Crippen LogP contribution in [0.5, 0.6) is 0 Å². The predicted molar refractivity (Wildman–Crippen MR) is 79.3 cm³/mol. The van der Waals surface area contributed by atoms with E-state index in [1.165, 1.54) is 0 Å². The number of carbonyl (C=O) groups excluding carboxylic acids is 2. The fourth-order valence-electron chi connectivity index (χ4n) is 1.91. The lowest BCUT2D eigenvalue weighted by atomic mass is 10.2. The minimum atomic E-state index is -0.439. The van der Waals surface area contributed by atoms with Crippen molar-refractivity contribution in [1.29, 1.82) is 0 Å². The average Bonchev–Trinajstić information content (AvgIpc) is 2.47. The van der Waals surface area contributed by atoms with Gasteiger partial charge in [0, 0.05) is 12.7 Å². The van der Waals surface area contributed by atoms with Crippen LogP contribution in [0, 0.1) is 0 Å². The molecule has 1 rings (SSSR count). The summed E-state index contributed by atoms with van der Waals surface area (Å²) in [4.78, 5) is 29.7. The van der Waals surface area contributed by atoms with E-state index in [1.807, 2.05) is 6.92 Å². The number of hydrogen-bond acceptors (Lipinski definition) is 6. The van der Waals surface area contributed by atoms with Gasteiger partial charge in [-0.15, -0.1) is 0 Å². The Morgan fingerprint density at radius 1 is 1.19 bits per heavy atom. The Morgan fingerprint density at radius 2 is 1.90 bits per heavy atom. The third kappa shape index (κ3) is 5.06. The number of pyridine rings is 1. The first-order valence-electron chi connectivity index (χ1n) is 7.16. The topological polar surface area (TPSA) is 68.7 Å². The number of carbonyl (C=O) groups is 2. The Morgan fingerprint density at radius 3 is 2.52 bits per heavy atom. The summed E-state index contributed by atoms with van der Waals surface area (Å²) in [5.41, 5.74) is 0.358. The highest BCUT2D eigenvalue weighted by Gasteiger charge is 2.20. The van der Waals surface area contributed by atoms with Gasteiger partial charge >= 0.3 is 11.9 Å². The van der Waals surface area contributed by atoms with E-state index in [0.29, 0.717) is 31.1 Å². The van der Waals surface area contributed by atoms with Crippen molar-refractivity contribution in [2.24, 2.45) is 0 Å². The van der Waals surface area contributed by atoms with Crippen LogP contribution < -0.4 is 4.90 Å². The highest BCUT2D eigenvalue weighted by atomic mass is 16.5. The Labute approximate surface area is 125 Å². The molecule has 1 aromatic heterocycles. The largest absolute Gasteiger partial charge is 0.465 e. The maximum absolute atomic E-state index is 12.0. The summed E-state index contributed by atoms with van der Waals surface area (Å²) in [7, 11) is 0. The van der Waals surface area contributed by atoms with Crippen molar-refractivity contribution in [3.63, 3.8) is 0 Å². The van der Waals surface area contributed by atoms with Gasteiger partial charge < -0.3 is 14.4 Å². The highest BCUT2D eigenvalue weighted by Crippen LogP contribution is 2.18. The second kappa shape index (κ2) is 8.94. The number of hydrogen-bond donors (Lipinski definition) is 0. The van der Waals surface area contributed by atoms with Gasteiger partial charge in [0.25, 0.3) is 0 Å². The Bertz CT molecular complexity index is 476. The summed E-state index contributed by atoms with van der Waals surface area (Å²) in [6.07, 6.45) is 2.41. The third-order valence-electron chi connectivity index (χ3n) is 2.70. The van der Waals surface area contributed by atoms with E-state index in [0.717, 1.165) is 6.42 Å². The van der Waals surface area contributed by atoms with Crippen LogP contribution in [-0.2, 0) is 14.3 Å². The van der Waals surface area contributed by atoms with Gasteiger partial charge in [0.05, 0.1) is 13.2 Å². The van der Waals surface area contributed by atoms with Gasteiger partial charge in [-0.1, -0.05) is 6.92 Å². The first-order valence-corrected chi connectivity index (χ1v) is 7.16. The molecule has 116 valence electrons. The molecule has 6 nitrogen and oxygen atoms in total. The van der Waals surface area contributed by atoms with Gasteiger partial charge in [-0.05, 0) is 32.4 Å². The van der Waals surface area contributed by atoms with Crippen molar-refractivity contribution in [1.82, 2.24) is 4.98 Å². The maximum Gasteiger partial charge on any atom is 0.341 e. The molecule has 0 radical (unpaired) electrons. The monoisotopic (exact) mass is 294 g/mol. The first-order chi connectivity index (χ1) is 10.1. The minimum Gasteiger partial charge on any atom is -0.465 e. The van der Waals surface area contributed by atoms with E-state index >= 15 is 0 Å². The second-order valence-electron chi connectivity index (χ2n) is 4.32. The van der Waals surface area contributed by atoms with Crippen molar-refractivity contribution in [2.45, 2.75) is 27.2 Å². The molecule has 0 atom stereocenters. The van der Waals surface area contributed by atoms with Crippen LogP contribution in [0.4, 0.5) is 5.82 Å². The van der Waals surface area contributed by atoms with Gasteiger partial charge in [0.15, 0.2) is 0 Å². The summed E-state index contributed by atoms with van der Waals surface area (Å²) >= 11 is 0. The summed E-state index contributed by atoms with van der Waals surface area (Å²) < 4.78 is 9.99. The summed E-state index contributed by atoms with van der Waals surface area (Å²) in [6.45, 7) is 6.77. The van der Waals surface area contributed by atoms with Gasteiger partial charge in [-0.25, -0.2) is 9.78 Å². The van der Waals surface area contributed by atoms with Crippen LogP contribution in [0.1, 0.15) is 37.6 Å². The SMILES string of the molecule is CCCN(CC(=O)OCC)c1ncccc1C(=O)OCC.